The fourth-order valence-electron chi connectivity index (χ4n) is 1.90. The van der Waals surface area contributed by atoms with Crippen molar-refractivity contribution in [1.29, 1.82) is 0 Å². The minimum atomic E-state index is 0.366. The summed E-state index contributed by atoms with van der Waals surface area (Å²) >= 11 is 8.56. The molecule has 0 radical (unpaired) electrons. The lowest BCUT2D eigenvalue weighted by Crippen LogP contribution is -2.14. The smallest absolute Gasteiger partial charge is 0.119 e. The molecule has 104 valence electrons. The molecule has 0 saturated carbocycles. The summed E-state index contributed by atoms with van der Waals surface area (Å²) in [6.07, 6.45) is 0. The number of thiocarbonyl (C=S) groups is 1. The van der Waals surface area contributed by atoms with E-state index < -0.39 is 0 Å². The maximum atomic E-state index is 5.77. The molecule has 5 heteroatoms. The number of benzene rings is 2. The van der Waals surface area contributed by atoms with E-state index in [9.17, 15) is 0 Å². The normalized spacial score (nSPS) is 10.1. The van der Waals surface area contributed by atoms with E-state index in [0.717, 1.165) is 27.0 Å². The van der Waals surface area contributed by atoms with E-state index in [4.69, 9.17) is 22.7 Å². The molecule has 0 bridgehead atoms. The van der Waals surface area contributed by atoms with Gasteiger partial charge in [0.1, 0.15) is 10.7 Å². The Balaban J connectivity index is 2.18. The summed E-state index contributed by atoms with van der Waals surface area (Å²) in [5.74, 6) is 0.841. The number of ether oxygens (including phenoxy) is 1. The predicted molar refractivity (Wildman–Crippen MR) is 90.4 cm³/mol. The Morgan fingerprint density at radius 3 is 2.75 bits per heavy atom. The van der Waals surface area contributed by atoms with Gasteiger partial charge in [-0.15, -0.1) is 0 Å². The molecule has 3 N–H and O–H groups in total. The van der Waals surface area contributed by atoms with Gasteiger partial charge in [0.15, 0.2) is 0 Å². The number of halogens is 1. The van der Waals surface area contributed by atoms with Crippen LogP contribution in [0.15, 0.2) is 46.9 Å². The zero-order valence-electron chi connectivity index (χ0n) is 11.0. The second-order valence-electron chi connectivity index (χ2n) is 4.23. The van der Waals surface area contributed by atoms with Crippen molar-refractivity contribution in [3.63, 3.8) is 0 Å². The summed E-state index contributed by atoms with van der Waals surface area (Å²) in [7, 11) is 1.66. The maximum absolute atomic E-state index is 5.77. The van der Waals surface area contributed by atoms with E-state index in [0.29, 0.717) is 11.5 Å². The Morgan fingerprint density at radius 2 is 2.05 bits per heavy atom. The third kappa shape index (κ3) is 3.49. The summed E-state index contributed by atoms with van der Waals surface area (Å²) in [6.45, 7) is 0.670. The van der Waals surface area contributed by atoms with Crippen LogP contribution in [0.1, 0.15) is 11.1 Å². The molecule has 0 fully saturated rings. The Hall–Kier alpha value is -1.59. The van der Waals surface area contributed by atoms with Gasteiger partial charge in [-0.25, -0.2) is 0 Å². The molecule has 20 heavy (non-hydrogen) atoms. The van der Waals surface area contributed by atoms with Crippen LogP contribution in [0.5, 0.6) is 5.75 Å². The molecular formula is C15H15BrN2OS. The molecule has 0 unspecified atom stereocenters. The van der Waals surface area contributed by atoms with Gasteiger partial charge in [-0.3, -0.25) is 0 Å². The van der Waals surface area contributed by atoms with Crippen molar-refractivity contribution in [3.8, 4) is 5.75 Å². The van der Waals surface area contributed by atoms with Crippen LogP contribution in [0.4, 0.5) is 5.69 Å². The van der Waals surface area contributed by atoms with Crippen LogP contribution in [0.25, 0.3) is 0 Å². The average Bonchev–Trinajstić information content (AvgIpc) is 2.45. The molecule has 0 aromatic heterocycles. The zero-order valence-corrected chi connectivity index (χ0v) is 13.4. The van der Waals surface area contributed by atoms with Gasteiger partial charge in [0.05, 0.1) is 7.11 Å². The molecule has 0 aliphatic rings. The van der Waals surface area contributed by atoms with E-state index in [1.54, 1.807) is 7.11 Å². The monoisotopic (exact) mass is 350 g/mol. The summed E-state index contributed by atoms with van der Waals surface area (Å²) in [4.78, 5) is 0.366. The molecule has 0 aliphatic carbocycles. The predicted octanol–water partition coefficient (Wildman–Crippen LogP) is 3.70. The van der Waals surface area contributed by atoms with Crippen molar-refractivity contribution in [2.24, 2.45) is 5.73 Å². The van der Waals surface area contributed by atoms with Crippen molar-refractivity contribution in [2.75, 3.05) is 12.4 Å². The van der Waals surface area contributed by atoms with Gasteiger partial charge in [0.2, 0.25) is 0 Å². The summed E-state index contributed by atoms with van der Waals surface area (Å²) in [5, 5.41) is 3.35. The summed E-state index contributed by atoms with van der Waals surface area (Å²) in [6, 6.07) is 13.7. The molecule has 2 aromatic carbocycles. The molecule has 3 nitrogen and oxygen atoms in total. The number of rotatable bonds is 5. The fraction of sp³-hybridized carbons (Fsp3) is 0.133. The minimum absolute atomic E-state index is 0.366. The highest BCUT2D eigenvalue weighted by molar-refractivity contribution is 9.10. The van der Waals surface area contributed by atoms with Gasteiger partial charge in [0, 0.05) is 22.3 Å². The highest BCUT2D eigenvalue weighted by Crippen LogP contribution is 2.25. The van der Waals surface area contributed by atoms with Gasteiger partial charge < -0.3 is 15.8 Å². The van der Waals surface area contributed by atoms with Gasteiger partial charge in [-0.1, -0.05) is 30.4 Å². The molecule has 0 aliphatic heterocycles. The number of nitrogens with one attached hydrogen (secondary N) is 1. The Labute approximate surface area is 132 Å². The average molecular weight is 351 g/mol. The lowest BCUT2D eigenvalue weighted by Gasteiger charge is -2.13. The summed E-state index contributed by atoms with van der Waals surface area (Å²) in [5.41, 5.74) is 8.63. The maximum Gasteiger partial charge on any atom is 0.119 e. The number of hydrogen-bond acceptors (Lipinski definition) is 3. The SMILES string of the molecule is COc1cccc(CNc2cccc(Br)c2C(N)=S)c1. The van der Waals surface area contributed by atoms with Crippen molar-refractivity contribution >= 4 is 38.8 Å². The number of anilines is 1. The number of nitrogens with two attached hydrogens (primary N) is 1. The highest BCUT2D eigenvalue weighted by atomic mass is 79.9. The van der Waals surface area contributed by atoms with Crippen LogP contribution in [0, 0.1) is 0 Å². The molecule has 2 rings (SSSR count). The first kappa shape index (κ1) is 14.8. The first-order valence-electron chi connectivity index (χ1n) is 6.07. The van der Waals surface area contributed by atoms with Crippen LogP contribution >= 0.6 is 28.1 Å². The molecule has 2 aromatic rings. The highest BCUT2D eigenvalue weighted by Gasteiger charge is 2.09. The molecule has 0 heterocycles. The molecular weight excluding hydrogens is 336 g/mol. The lowest BCUT2D eigenvalue weighted by molar-refractivity contribution is 0.414. The van der Waals surface area contributed by atoms with Crippen molar-refractivity contribution < 1.29 is 4.74 Å². The second kappa shape index (κ2) is 6.72. The van der Waals surface area contributed by atoms with E-state index >= 15 is 0 Å². The van der Waals surface area contributed by atoms with Gasteiger partial charge in [-0.2, -0.15) is 0 Å². The third-order valence-electron chi connectivity index (χ3n) is 2.88. The van der Waals surface area contributed by atoms with Gasteiger partial charge in [0.25, 0.3) is 0 Å². The quantitative estimate of drug-likeness (QED) is 0.807. The lowest BCUT2D eigenvalue weighted by atomic mass is 10.1. The van der Waals surface area contributed by atoms with Gasteiger partial charge in [-0.05, 0) is 45.8 Å². The van der Waals surface area contributed by atoms with Crippen LogP contribution in [-0.2, 0) is 6.54 Å². The Bertz CT molecular complexity index is 631. The molecule has 0 spiro atoms. The van der Waals surface area contributed by atoms with Crippen LogP contribution in [0.2, 0.25) is 0 Å². The molecule has 0 saturated heterocycles. The summed E-state index contributed by atoms with van der Waals surface area (Å²) < 4.78 is 6.10. The first-order chi connectivity index (χ1) is 9.61. The van der Waals surface area contributed by atoms with Crippen LogP contribution in [0.3, 0.4) is 0 Å². The molecule has 0 atom stereocenters. The van der Waals surface area contributed by atoms with E-state index in [1.807, 2.05) is 42.5 Å². The first-order valence-corrected chi connectivity index (χ1v) is 7.27. The van der Waals surface area contributed by atoms with E-state index in [-0.39, 0.29) is 0 Å². The van der Waals surface area contributed by atoms with Crippen molar-refractivity contribution in [3.05, 3.63) is 58.1 Å². The van der Waals surface area contributed by atoms with Gasteiger partial charge >= 0.3 is 0 Å². The molecule has 0 amide bonds. The topological polar surface area (TPSA) is 47.3 Å². The number of hydrogen-bond donors (Lipinski definition) is 2. The Morgan fingerprint density at radius 1 is 1.30 bits per heavy atom. The number of methoxy groups -OCH3 is 1. The van der Waals surface area contributed by atoms with Crippen LogP contribution in [-0.4, -0.2) is 12.1 Å². The third-order valence-corrected chi connectivity index (χ3v) is 3.74. The Kier molecular flexibility index (Phi) is 4.98. The fourth-order valence-corrected chi connectivity index (χ4v) is 2.83. The van der Waals surface area contributed by atoms with Crippen molar-refractivity contribution in [2.45, 2.75) is 6.54 Å². The zero-order chi connectivity index (χ0) is 14.5. The van der Waals surface area contributed by atoms with Crippen LogP contribution < -0.4 is 15.8 Å². The van der Waals surface area contributed by atoms with Crippen molar-refractivity contribution in [1.82, 2.24) is 0 Å². The minimum Gasteiger partial charge on any atom is -0.497 e. The second-order valence-corrected chi connectivity index (χ2v) is 5.53. The standard InChI is InChI=1S/C15H15BrN2OS/c1-19-11-5-2-4-10(8-11)9-18-13-7-3-6-12(16)14(13)15(17)20/h2-8,18H,9H2,1H3,(H2,17,20). The van der Waals surface area contributed by atoms with E-state index in [1.165, 1.54) is 0 Å². The largest absolute Gasteiger partial charge is 0.497 e. The van der Waals surface area contributed by atoms with E-state index in [2.05, 4.69) is 21.2 Å².